The van der Waals surface area contributed by atoms with Crippen LogP contribution in [0.3, 0.4) is 0 Å². The van der Waals surface area contributed by atoms with Crippen LogP contribution in [-0.4, -0.2) is 23.6 Å². The number of benzene rings is 1. The molecule has 0 aliphatic rings. The first-order chi connectivity index (χ1) is 11.9. The maximum atomic E-state index is 13.0. The van der Waals surface area contributed by atoms with Gasteiger partial charge >= 0.3 is 5.69 Å². The molecule has 6 nitrogen and oxygen atoms in total. The number of aromatic nitrogens is 1. The second-order valence-corrected chi connectivity index (χ2v) is 5.20. The van der Waals surface area contributed by atoms with Crippen LogP contribution in [-0.2, 0) is 4.74 Å². The molecule has 0 unspecified atom stereocenters. The Morgan fingerprint density at radius 1 is 1.52 bits per heavy atom. The number of allylic oxidation sites excluding steroid dienone is 1. The van der Waals surface area contributed by atoms with Gasteiger partial charge in [0.25, 0.3) is 6.43 Å². The van der Waals surface area contributed by atoms with E-state index in [4.69, 9.17) is 4.74 Å². The van der Waals surface area contributed by atoms with Crippen LogP contribution in [0.25, 0.3) is 10.9 Å². The van der Waals surface area contributed by atoms with E-state index in [0.29, 0.717) is 16.8 Å². The maximum absolute atomic E-state index is 13.0. The van der Waals surface area contributed by atoms with Crippen molar-refractivity contribution < 1.29 is 18.4 Å². The quantitative estimate of drug-likeness (QED) is 0.342. The molecule has 0 bridgehead atoms. The Hall–Kier alpha value is -3.03. The fourth-order valence-corrected chi connectivity index (χ4v) is 2.31. The van der Waals surface area contributed by atoms with Crippen molar-refractivity contribution in [3.63, 3.8) is 0 Å². The van der Waals surface area contributed by atoms with Gasteiger partial charge in [-0.15, -0.1) is 0 Å². The lowest BCUT2D eigenvalue weighted by Gasteiger charge is -2.13. The molecule has 0 fully saturated rings. The molecule has 132 valence electrons. The number of fused-ring (bicyclic) bond motifs is 1. The standard InChI is InChI=1S/C17H17F2N3O3/c1-4-11(10(2)25-3)8-21-16-13-7-12(17(18)19)5-6-14(13)20-9-15(16)22(23)24/h4-7,9,17H,1,8H2,2-3H3,(H,20,21)/b11-10-. The van der Waals surface area contributed by atoms with Crippen LogP contribution in [0.4, 0.5) is 20.2 Å². The van der Waals surface area contributed by atoms with Gasteiger partial charge in [0.1, 0.15) is 11.9 Å². The molecule has 0 amide bonds. The lowest BCUT2D eigenvalue weighted by molar-refractivity contribution is -0.384. The molecule has 0 radical (unpaired) electrons. The Morgan fingerprint density at radius 3 is 2.80 bits per heavy atom. The Morgan fingerprint density at radius 2 is 2.24 bits per heavy atom. The molecule has 0 aliphatic heterocycles. The van der Waals surface area contributed by atoms with E-state index in [-0.39, 0.29) is 28.9 Å². The second kappa shape index (κ2) is 7.69. The minimum absolute atomic E-state index is 0.126. The highest BCUT2D eigenvalue weighted by atomic mass is 19.3. The summed E-state index contributed by atoms with van der Waals surface area (Å²) < 4.78 is 31.1. The van der Waals surface area contributed by atoms with E-state index in [1.807, 2.05) is 0 Å². The van der Waals surface area contributed by atoms with Crippen LogP contribution in [0.1, 0.15) is 18.9 Å². The summed E-state index contributed by atoms with van der Waals surface area (Å²) in [6, 6.07) is 3.87. The van der Waals surface area contributed by atoms with Crippen molar-refractivity contribution in [1.82, 2.24) is 4.98 Å². The van der Waals surface area contributed by atoms with Gasteiger partial charge in [-0.05, 0) is 19.1 Å². The summed E-state index contributed by atoms with van der Waals surface area (Å²) >= 11 is 0. The molecule has 0 spiro atoms. The number of rotatable bonds is 7. The van der Waals surface area contributed by atoms with Gasteiger partial charge in [-0.2, -0.15) is 0 Å². The number of methoxy groups -OCH3 is 1. The third kappa shape index (κ3) is 3.90. The van der Waals surface area contributed by atoms with E-state index in [1.54, 1.807) is 13.0 Å². The first-order valence-corrected chi connectivity index (χ1v) is 7.34. The summed E-state index contributed by atoms with van der Waals surface area (Å²) in [5.74, 6) is 0.594. The first-order valence-electron chi connectivity index (χ1n) is 7.34. The minimum Gasteiger partial charge on any atom is -0.501 e. The monoisotopic (exact) mass is 349 g/mol. The fourth-order valence-electron chi connectivity index (χ4n) is 2.31. The number of hydrogen-bond donors (Lipinski definition) is 1. The number of halogens is 2. The van der Waals surface area contributed by atoms with Gasteiger partial charge in [-0.1, -0.05) is 18.7 Å². The number of nitro groups is 1. The summed E-state index contributed by atoms with van der Waals surface area (Å²) in [5, 5.41) is 14.5. The predicted molar refractivity (Wildman–Crippen MR) is 91.8 cm³/mol. The molecule has 1 aromatic heterocycles. The number of ether oxygens (including phenoxy) is 1. The number of pyridine rings is 1. The summed E-state index contributed by atoms with van der Waals surface area (Å²) in [7, 11) is 1.50. The van der Waals surface area contributed by atoms with Crippen molar-refractivity contribution in [2.75, 3.05) is 19.0 Å². The molecule has 1 heterocycles. The van der Waals surface area contributed by atoms with E-state index in [2.05, 4.69) is 16.9 Å². The Labute approximate surface area is 143 Å². The third-order valence-electron chi connectivity index (χ3n) is 3.78. The van der Waals surface area contributed by atoms with Crippen molar-refractivity contribution in [1.29, 1.82) is 0 Å². The molecule has 2 rings (SSSR count). The lowest BCUT2D eigenvalue weighted by Crippen LogP contribution is -2.09. The molecule has 8 heteroatoms. The van der Waals surface area contributed by atoms with Crippen molar-refractivity contribution >= 4 is 22.3 Å². The average molecular weight is 349 g/mol. The van der Waals surface area contributed by atoms with Crippen molar-refractivity contribution in [3.05, 3.63) is 64.1 Å². The van der Waals surface area contributed by atoms with Crippen molar-refractivity contribution in [2.45, 2.75) is 13.3 Å². The van der Waals surface area contributed by atoms with Gasteiger partial charge in [0, 0.05) is 23.1 Å². The molecule has 0 atom stereocenters. The smallest absolute Gasteiger partial charge is 0.311 e. The number of nitrogens with one attached hydrogen (secondary N) is 1. The highest BCUT2D eigenvalue weighted by Crippen LogP contribution is 2.34. The Balaban J connectivity index is 2.57. The lowest BCUT2D eigenvalue weighted by atomic mass is 10.1. The molecule has 0 saturated carbocycles. The molecule has 1 N–H and O–H groups in total. The van der Waals surface area contributed by atoms with Crippen LogP contribution in [0.5, 0.6) is 0 Å². The summed E-state index contributed by atoms with van der Waals surface area (Å²) in [6.07, 6.45) is -0.0189. The van der Waals surface area contributed by atoms with E-state index < -0.39 is 11.3 Å². The number of hydrogen-bond acceptors (Lipinski definition) is 5. The van der Waals surface area contributed by atoms with E-state index >= 15 is 0 Å². The van der Waals surface area contributed by atoms with Gasteiger partial charge in [0.05, 0.1) is 23.3 Å². The molecule has 0 saturated heterocycles. The van der Waals surface area contributed by atoms with Crippen LogP contribution in [0.2, 0.25) is 0 Å². The number of nitrogens with zero attached hydrogens (tertiary/aromatic N) is 2. The van der Waals surface area contributed by atoms with E-state index in [1.165, 1.54) is 25.3 Å². The number of anilines is 1. The molecular formula is C17H17F2N3O3. The molecular weight excluding hydrogens is 332 g/mol. The van der Waals surface area contributed by atoms with Crippen molar-refractivity contribution in [3.8, 4) is 0 Å². The zero-order valence-corrected chi connectivity index (χ0v) is 13.8. The van der Waals surface area contributed by atoms with Gasteiger partial charge in [-0.25, -0.2) is 13.8 Å². The second-order valence-electron chi connectivity index (χ2n) is 5.20. The van der Waals surface area contributed by atoms with Crippen molar-refractivity contribution in [2.24, 2.45) is 0 Å². The van der Waals surface area contributed by atoms with Crippen LogP contribution in [0, 0.1) is 10.1 Å². The Kier molecular flexibility index (Phi) is 5.63. The highest BCUT2D eigenvalue weighted by Gasteiger charge is 2.20. The molecule has 2 aromatic rings. The van der Waals surface area contributed by atoms with Crippen LogP contribution >= 0.6 is 0 Å². The largest absolute Gasteiger partial charge is 0.501 e. The van der Waals surface area contributed by atoms with E-state index in [9.17, 15) is 18.9 Å². The van der Waals surface area contributed by atoms with Crippen LogP contribution < -0.4 is 5.32 Å². The fraction of sp³-hybridized carbons (Fsp3) is 0.235. The molecule has 1 aromatic carbocycles. The van der Waals surface area contributed by atoms with Gasteiger partial charge < -0.3 is 10.1 Å². The zero-order valence-electron chi connectivity index (χ0n) is 13.8. The summed E-state index contributed by atoms with van der Waals surface area (Å²) in [4.78, 5) is 14.7. The van der Waals surface area contributed by atoms with Crippen LogP contribution in [0.15, 0.2) is 48.4 Å². The third-order valence-corrected chi connectivity index (χ3v) is 3.78. The Bertz CT molecular complexity index is 850. The van der Waals surface area contributed by atoms with Gasteiger partial charge in [0.15, 0.2) is 0 Å². The maximum Gasteiger partial charge on any atom is 0.311 e. The molecule has 0 aliphatic carbocycles. The van der Waals surface area contributed by atoms with Gasteiger partial charge in [0.2, 0.25) is 0 Å². The normalized spacial score (nSPS) is 12.0. The zero-order chi connectivity index (χ0) is 18.6. The topological polar surface area (TPSA) is 77.3 Å². The highest BCUT2D eigenvalue weighted by molar-refractivity contribution is 5.96. The number of alkyl halides is 2. The first kappa shape index (κ1) is 18.3. The predicted octanol–water partition coefficient (Wildman–Crippen LogP) is 4.60. The van der Waals surface area contributed by atoms with Gasteiger partial charge in [-0.3, -0.25) is 10.1 Å². The summed E-state index contributed by atoms with van der Waals surface area (Å²) in [5.41, 5.74) is 0.667. The molecule has 25 heavy (non-hydrogen) atoms. The average Bonchev–Trinajstić information content (AvgIpc) is 2.60. The van der Waals surface area contributed by atoms with E-state index in [0.717, 1.165) is 6.20 Å². The minimum atomic E-state index is -2.68. The SMILES string of the molecule is C=C/C(CNc1c([N+](=O)[O-])cnc2ccc(C(F)F)cc12)=C(\C)OC. The summed E-state index contributed by atoms with van der Waals surface area (Å²) in [6.45, 7) is 5.59.